The van der Waals surface area contributed by atoms with E-state index in [2.05, 4.69) is 21.7 Å². The quantitative estimate of drug-likeness (QED) is 0.493. The molecule has 0 unspecified atom stereocenters. The first-order valence-corrected chi connectivity index (χ1v) is 13.8. The fourth-order valence-corrected chi connectivity index (χ4v) is 5.21. The summed E-state index contributed by atoms with van der Waals surface area (Å²) in [6.07, 6.45) is 2.29. The minimum atomic E-state index is -0.365. The van der Waals surface area contributed by atoms with E-state index in [1.807, 2.05) is 49.6 Å². The third-order valence-corrected chi connectivity index (χ3v) is 7.80. The molecule has 1 aliphatic heterocycles. The van der Waals surface area contributed by atoms with Gasteiger partial charge in [-0.15, -0.1) is 16.4 Å². The molecule has 3 atom stereocenters. The number of aliphatic hydroxyl groups excluding tert-OH is 1. The first kappa shape index (κ1) is 27.7. The predicted molar refractivity (Wildman–Crippen MR) is 147 cm³/mol. The van der Waals surface area contributed by atoms with Crippen LogP contribution in [0.25, 0.3) is 10.4 Å². The molecule has 10 nitrogen and oxygen atoms in total. The van der Waals surface area contributed by atoms with Gasteiger partial charge in [0.05, 0.1) is 37.3 Å². The molecule has 1 aromatic carbocycles. The van der Waals surface area contributed by atoms with Crippen molar-refractivity contribution >= 4 is 29.0 Å². The first-order chi connectivity index (χ1) is 18.4. The van der Waals surface area contributed by atoms with Gasteiger partial charge in [0.2, 0.25) is 5.91 Å². The van der Waals surface area contributed by atoms with Crippen molar-refractivity contribution in [2.45, 2.75) is 52.0 Å². The topological polar surface area (TPSA) is 113 Å². The monoisotopic (exact) mass is 540 g/mol. The molecule has 0 aliphatic carbocycles. The second-order valence-electron chi connectivity index (χ2n) is 9.82. The number of ether oxygens (including phenoxy) is 1. The molecule has 2 N–H and O–H groups in total. The van der Waals surface area contributed by atoms with Gasteiger partial charge in [-0.1, -0.05) is 30.3 Å². The highest BCUT2D eigenvalue weighted by atomic mass is 32.1. The number of aromatic nitrogens is 3. The standard InChI is InChI=1S/C27H36N6O4S/c1-19-15-32(20(2)17-34)26(35)7-4-12-33-23(14-28-30-33)18-37-24(19)16-31(3)27(36)29-22-10-8-21(9-11-22)25-6-5-13-38-25/h5-6,8-11,13-14,19-20,24,34H,4,7,12,15-18H2,1-3H3,(H,29,36)/t19-,20+,24-/m1/s1. The largest absolute Gasteiger partial charge is 0.394 e. The Morgan fingerprint density at radius 1 is 1.32 bits per heavy atom. The van der Waals surface area contributed by atoms with Crippen molar-refractivity contribution in [3.8, 4) is 10.4 Å². The van der Waals surface area contributed by atoms with E-state index < -0.39 is 0 Å². The number of hydrogen-bond acceptors (Lipinski definition) is 7. The van der Waals surface area contributed by atoms with Gasteiger partial charge in [-0.25, -0.2) is 9.48 Å². The number of aliphatic hydroxyl groups is 1. The number of carbonyl (C=O) groups is 2. The normalized spacial score (nSPS) is 19.7. The molecule has 2 aromatic heterocycles. The van der Waals surface area contributed by atoms with Crippen molar-refractivity contribution in [2.75, 3.05) is 32.1 Å². The summed E-state index contributed by atoms with van der Waals surface area (Å²) >= 11 is 1.67. The molecule has 0 fully saturated rings. The Morgan fingerprint density at radius 3 is 2.82 bits per heavy atom. The maximum atomic E-state index is 13.1. The van der Waals surface area contributed by atoms with Crippen molar-refractivity contribution in [3.63, 3.8) is 0 Å². The van der Waals surface area contributed by atoms with Crippen molar-refractivity contribution in [2.24, 2.45) is 5.92 Å². The fraction of sp³-hybridized carbons (Fsp3) is 0.481. The number of carbonyl (C=O) groups excluding carboxylic acids is 2. The average molecular weight is 541 g/mol. The van der Waals surface area contributed by atoms with Crippen LogP contribution in [-0.4, -0.2) is 80.7 Å². The van der Waals surface area contributed by atoms with E-state index in [9.17, 15) is 14.7 Å². The van der Waals surface area contributed by atoms with E-state index in [0.717, 1.165) is 11.3 Å². The van der Waals surface area contributed by atoms with Crippen molar-refractivity contribution in [3.05, 3.63) is 53.7 Å². The number of aryl methyl sites for hydroxylation is 1. The number of benzene rings is 1. The van der Waals surface area contributed by atoms with Gasteiger partial charge in [-0.3, -0.25) is 4.79 Å². The van der Waals surface area contributed by atoms with Gasteiger partial charge in [0.25, 0.3) is 0 Å². The van der Waals surface area contributed by atoms with Crippen molar-refractivity contribution < 1.29 is 19.4 Å². The van der Waals surface area contributed by atoms with Gasteiger partial charge < -0.3 is 25.0 Å². The minimum absolute atomic E-state index is 0.0171. The Bertz CT molecular complexity index is 1180. The Labute approximate surface area is 227 Å². The SMILES string of the molecule is C[C@@H]1CN([C@@H](C)CO)C(=O)CCCn2nncc2CO[C@@H]1CN(C)C(=O)Nc1ccc(-c2cccs2)cc1. The molecular weight excluding hydrogens is 504 g/mol. The minimum Gasteiger partial charge on any atom is -0.394 e. The number of anilines is 1. The van der Waals surface area contributed by atoms with Crippen molar-refractivity contribution in [1.82, 2.24) is 24.8 Å². The summed E-state index contributed by atoms with van der Waals surface area (Å²) in [4.78, 5) is 30.6. The zero-order valence-corrected chi connectivity index (χ0v) is 22.9. The summed E-state index contributed by atoms with van der Waals surface area (Å²) in [6.45, 7) is 5.31. The maximum Gasteiger partial charge on any atom is 0.321 e. The number of rotatable bonds is 6. The molecule has 0 saturated heterocycles. The first-order valence-electron chi connectivity index (χ1n) is 12.9. The van der Waals surface area contributed by atoms with Crippen LogP contribution in [0.2, 0.25) is 0 Å². The van der Waals surface area contributed by atoms with E-state index in [1.54, 1.807) is 39.1 Å². The lowest BCUT2D eigenvalue weighted by Crippen LogP contribution is -2.48. The number of likely N-dealkylation sites (N-methyl/N-ethyl adjacent to an activating group) is 1. The lowest BCUT2D eigenvalue weighted by atomic mass is 10.0. The Morgan fingerprint density at radius 2 is 2.11 bits per heavy atom. The summed E-state index contributed by atoms with van der Waals surface area (Å²) in [5, 5.41) is 22.9. The van der Waals surface area contributed by atoms with E-state index in [-0.39, 0.29) is 36.6 Å². The maximum absolute atomic E-state index is 13.1. The van der Waals surface area contributed by atoms with Crippen LogP contribution in [0.5, 0.6) is 0 Å². The van der Waals surface area contributed by atoms with E-state index >= 15 is 0 Å². The summed E-state index contributed by atoms with van der Waals surface area (Å²) in [7, 11) is 1.73. The molecule has 0 spiro atoms. The number of urea groups is 1. The molecule has 0 bridgehead atoms. The predicted octanol–water partition coefficient (Wildman–Crippen LogP) is 3.70. The number of nitrogens with zero attached hydrogens (tertiary/aromatic N) is 5. The van der Waals surface area contributed by atoms with Crippen LogP contribution in [0.15, 0.2) is 48.0 Å². The van der Waals surface area contributed by atoms with Gasteiger partial charge in [-0.2, -0.15) is 0 Å². The molecule has 3 amide bonds. The van der Waals surface area contributed by atoms with Crippen LogP contribution in [0.1, 0.15) is 32.4 Å². The van der Waals surface area contributed by atoms with Crippen LogP contribution >= 0.6 is 11.3 Å². The van der Waals surface area contributed by atoms with Gasteiger partial charge in [0.15, 0.2) is 0 Å². The fourth-order valence-electron chi connectivity index (χ4n) is 4.48. The molecule has 38 heavy (non-hydrogen) atoms. The van der Waals surface area contributed by atoms with Crippen LogP contribution in [-0.2, 0) is 22.7 Å². The number of nitrogens with one attached hydrogen (secondary N) is 1. The Hall–Kier alpha value is -3.28. The summed E-state index contributed by atoms with van der Waals surface area (Å²) in [5.74, 6) is -0.117. The molecular formula is C27H36N6O4S. The number of hydrogen-bond donors (Lipinski definition) is 2. The number of thiophene rings is 1. The molecule has 0 saturated carbocycles. The van der Waals surface area contributed by atoms with E-state index in [0.29, 0.717) is 44.8 Å². The average Bonchev–Trinajstić information content (AvgIpc) is 3.61. The zero-order valence-electron chi connectivity index (χ0n) is 22.1. The number of amides is 3. The molecule has 204 valence electrons. The zero-order chi connectivity index (χ0) is 27.1. The second kappa shape index (κ2) is 13.0. The molecule has 4 rings (SSSR count). The van der Waals surface area contributed by atoms with Crippen LogP contribution < -0.4 is 5.32 Å². The Kier molecular flexibility index (Phi) is 9.48. The van der Waals surface area contributed by atoms with Gasteiger partial charge in [0.1, 0.15) is 0 Å². The van der Waals surface area contributed by atoms with Crippen LogP contribution in [0.4, 0.5) is 10.5 Å². The van der Waals surface area contributed by atoms with E-state index in [4.69, 9.17) is 4.74 Å². The second-order valence-corrected chi connectivity index (χ2v) is 10.8. The summed E-state index contributed by atoms with van der Waals surface area (Å²) in [6, 6.07) is 11.3. The highest BCUT2D eigenvalue weighted by molar-refractivity contribution is 7.13. The molecule has 1 aliphatic rings. The highest BCUT2D eigenvalue weighted by Gasteiger charge is 2.29. The van der Waals surface area contributed by atoms with E-state index in [1.165, 1.54) is 4.88 Å². The summed E-state index contributed by atoms with van der Waals surface area (Å²) < 4.78 is 8.07. The lowest BCUT2D eigenvalue weighted by molar-refractivity contribution is -0.136. The third kappa shape index (κ3) is 6.97. The van der Waals surface area contributed by atoms with Crippen LogP contribution in [0, 0.1) is 5.92 Å². The molecule has 0 radical (unpaired) electrons. The summed E-state index contributed by atoms with van der Waals surface area (Å²) in [5.41, 5.74) is 2.64. The van der Waals surface area contributed by atoms with Gasteiger partial charge >= 0.3 is 6.03 Å². The molecule has 11 heteroatoms. The van der Waals surface area contributed by atoms with Crippen molar-refractivity contribution in [1.29, 1.82) is 0 Å². The highest BCUT2D eigenvalue weighted by Crippen LogP contribution is 2.26. The smallest absolute Gasteiger partial charge is 0.321 e. The van der Waals surface area contributed by atoms with Gasteiger partial charge in [-0.05, 0) is 42.5 Å². The lowest BCUT2D eigenvalue weighted by Gasteiger charge is -2.35. The Balaban J connectivity index is 1.45. The third-order valence-electron chi connectivity index (χ3n) is 6.88. The number of fused-ring (bicyclic) bond motifs is 1. The van der Waals surface area contributed by atoms with Crippen LogP contribution in [0.3, 0.4) is 0 Å². The van der Waals surface area contributed by atoms with Gasteiger partial charge in [0, 0.05) is 49.6 Å². The molecule has 3 heterocycles. The molecule has 3 aromatic rings.